The lowest BCUT2D eigenvalue weighted by Gasteiger charge is -2.22. The Labute approximate surface area is 119 Å². The van der Waals surface area contributed by atoms with Gasteiger partial charge in [-0.05, 0) is 31.0 Å². The predicted octanol–water partition coefficient (Wildman–Crippen LogP) is 2.14. The fourth-order valence-corrected chi connectivity index (χ4v) is 2.56. The van der Waals surface area contributed by atoms with Gasteiger partial charge in [-0.15, -0.1) is 0 Å². The van der Waals surface area contributed by atoms with Gasteiger partial charge in [0.25, 0.3) is 0 Å². The number of benzene rings is 1. The van der Waals surface area contributed by atoms with E-state index in [0.29, 0.717) is 29.7 Å². The summed E-state index contributed by atoms with van der Waals surface area (Å²) in [7, 11) is 1.57. The number of hydrogen-bond donors (Lipinski definition) is 3. The summed E-state index contributed by atoms with van der Waals surface area (Å²) in [5, 5.41) is 6.15. The molecule has 1 aromatic carbocycles. The van der Waals surface area contributed by atoms with Crippen LogP contribution in [0.3, 0.4) is 0 Å². The fourth-order valence-electron chi connectivity index (χ4n) is 2.56. The number of methoxy groups -OCH3 is 1. The van der Waals surface area contributed by atoms with Crippen LogP contribution in [0.25, 0.3) is 0 Å². The Morgan fingerprint density at radius 3 is 2.80 bits per heavy atom. The smallest absolute Gasteiger partial charge is 0.238 e. The van der Waals surface area contributed by atoms with Crippen molar-refractivity contribution in [1.29, 1.82) is 0 Å². The monoisotopic (exact) mass is 277 g/mol. The minimum Gasteiger partial charge on any atom is -0.495 e. The molecule has 0 radical (unpaired) electrons. The molecule has 1 saturated carbocycles. The Morgan fingerprint density at radius 2 is 2.10 bits per heavy atom. The molecule has 0 atom stereocenters. The predicted molar refractivity (Wildman–Crippen MR) is 80.9 cm³/mol. The third kappa shape index (κ3) is 4.13. The van der Waals surface area contributed by atoms with Crippen LogP contribution in [0.1, 0.15) is 32.1 Å². The molecule has 0 aromatic heterocycles. The molecule has 1 aliphatic rings. The van der Waals surface area contributed by atoms with E-state index in [0.717, 1.165) is 12.8 Å². The Balaban J connectivity index is 1.86. The summed E-state index contributed by atoms with van der Waals surface area (Å²) < 4.78 is 5.20. The summed E-state index contributed by atoms with van der Waals surface area (Å²) in [6.45, 7) is 0.322. The Bertz CT molecular complexity index is 456. The number of ether oxygens (including phenoxy) is 1. The summed E-state index contributed by atoms with van der Waals surface area (Å²) in [4.78, 5) is 12.0. The average molecular weight is 277 g/mol. The zero-order valence-electron chi connectivity index (χ0n) is 11.9. The summed E-state index contributed by atoms with van der Waals surface area (Å²) in [5.74, 6) is 0.546. The zero-order chi connectivity index (χ0) is 14.4. The normalized spacial score (nSPS) is 15.8. The summed E-state index contributed by atoms with van der Waals surface area (Å²) in [6, 6.07) is 5.67. The SMILES string of the molecule is COc1ccc(N)cc1NC(=O)CNC1CCCCC1. The van der Waals surface area contributed by atoms with E-state index < -0.39 is 0 Å². The van der Waals surface area contributed by atoms with Gasteiger partial charge < -0.3 is 21.1 Å². The van der Waals surface area contributed by atoms with Gasteiger partial charge in [-0.3, -0.25) is 4.79 Å². The largest absolute Gasteiger partial charge is 0.495 e. The molecule has 1 fully saturated rings. The molecule has 0 bridgehead atoms. The molecule has 1 aromatic rings. The fraction of sp³-hybridized carbons (Fsp3) is 0.533. The maximum absolute atomic E-state index is 12.0. The van der Waals surface area contributed by atoms with E-state index in [2.05, 4.69) is 10.6 Å². The number of nitrogens with one attached hydrogen (secondary N) is 2. The highest BCUT2D eigenvalue weighted by Crippen LogP contribution is 2.26. The number of hydrogen-bond acceptors (Lipinski definition) is 4. The van der Waals surface area contributed by atoms with Crippen molar-refractivity contribution in [3.8, 4) is 5.75 Å². The molecular weight excluding hydrogens is 254 g/mol. The van der Waals surface area contributed by atoms with E-state index in [1.807, 2.05) is 0 Å². The second-order valence-corrected chi connectivity index (χ2v) is 5.22. The molecule has 0 heterocycles. The number of rotatable bonds is 5. The first-order valence-electron chi connectivity index (χ1n) is 7.16. The molecule has 0 unspecified atom stereocenters. The summed E-state index contributed by atoms with van der Waals surface area (Å²) >= 11 is 0. The van der Waals surface area contributed by atoms with Crippen LogP contribution in [0.4, 0.5) is 11.4 Å². The standard InChI is InChI=1S/C15H23N3O2/c1-20-14-8-7-11(16)9-13(14)18-15(19)10-17-12-5-3-2-4-6-12/h7-9,12,17H,2-6,10,16H2,1H3,(H,18,19). The second-order valence-electron chi connectivity index (χ2n) is 5.22. The topological polar surface area (TPSA) is 76.4 Å². The van der Waals surface area contributed by atoms with Crippen molar-refractivity contribution in [2.24, 2.45) is 0 Å². The number of amides is 1. The number of anilines is 2. The van der Waals surface area contributed by atoms with Gasteiger partial charge >= 0.3 is 0 Å². The highest BCUT2D eigenvalue weighted by molar-refractivity contribution is 5.94. The van der Waals surface area contributed by atoms with E-state index in [1.54, 1.807) is 25.3 Å². The van der Waals surface area contributed by atoms with Crippen LogP contribution in [0.2, 0.25) is 0 Å². The van der Waals surface area contributed by atoms with Gasteiger partial charge in [-0.1, -0.05) is 19.3 Å². The van der Waals surface area contributed by atoms with Gasteiger partial charge in [-0.2, -0.15) is 0 Å². The molecule has 110 valence electrons. The van der Waals surface area contributed by atoms with Gasteiger partial charge in [0.2, 0.25) is 5.91 Å². The maximum atomic E-state index is 12.0. The van der Waals surface area contributed by atoms with Crippen LogP contribution in [-0.4, -0.2) is 25.6 Å². The van der Waals surface area contributed by atoms with Crippen molar-refractivity contribution in [3.05, 3.63) is 18.2 Å². The average Bonchev–Trinajstić information content (AvgIpc) is 2.46. The van der Waals surface area contributed by atoms with Crippen LogP contribution >= 0.6 is 0 Å². The molecule has 4 N–H and O–H groups in total. The minimum atomic E-state index is -0.0699. The third-order valence-electron chi connectivity index (χ3n) is 3.65. The Kier molecular flexibility index (Phi) is 5.24. The van der Waals surface area contributed by atoms with E-state index >= 15 is 0 Å². The number of nitrogen functional groups attached to an aromatic ring is 1. The second kappa shape index (κ2) is 7.14. The molecule has 0 aliphatic heterocycles. The van der Waals surface area contributed by atoms with Crippen molar-refractivity contribution in [1.82, 2.24) is 5.32 Å². The minimum absolute atomic E-state index is 0.0699. The van der Waals surface area contributed by atoms with Crippen LogP contribution in [0, 0.1) is 0 Å². The van der Waals surface area contributed by atoms with Crippen LogP contribution in [-0.2, 0) is 4.79 Å². The van der Waals surface area contributed by atoms with Crippen molar-refractivity contribution in [2.75, 3.05) is 24.7 Å². The first kappa shape index (κ1) is 14.7. The highest BCUT2D eigenvalue weighted by Gasteiger charge is 2.14. The maximum Gasteiger partial charge on any atom is 0.238 e. The first-order chi connectivity index (χ1) is 9.69. The van der Waals surface area contributed by atoms with E-state index in [1.165, 1.54) is 19.3 Å². The molecule has 2 rings (SSSR count). The quantitative estimate of drug-likeness (QED) is 0.721. The Hall–Kier alpha value is -1.75. The van der Waals surface area contributed by atoms with Crippen LogP contribution in [0.15, 0.2) is 18.2 Å². The van der Waals surface area contributed by atoms with Gasteiger partial charge in [0, 0.05) is 11.7 Å². The summed E-state index contributed by atoms with van der Waals surface area (Å²) in [6.07, 6.45) is 6.14. The number of nitrogens with two attached hydrogens (primary N) is 1. The lowest BCUT2D eigenvalue weighted by molar-refractivity contribution is -0.115. The highest BCUT2D eigenvalue weighted by atomic mass is 16.5. The number of carbonyl (C=O) groups is 1. The van der Waals surface area contributed by atoms with Crippen molar-refractivity contribution in [3.63, 3.8) is 0 Å². The van der Waals surface area contributed by atoms with Gasteiger partial charge in [0.1, 0.15) is 5.75 Å². The molecule has 5 nitrogen and oxygen atoms in total. The molecule has 0 saturated heterocycles. The van der Waals surface area contributed by atoms with E-state index in [-0.39, 0.29) is 5.91 Å². The number of carbonyl (C=O) groups excluding carboxylic acids is 1. The van der Waals surface area contributed by atoms with Gasteiger partial charge in [0.15, 0.2) is 0 Å². The Morgan fingerprint density at radius 1 is 1.35 bits per heavy atom. The van der Waals surface area contributed by atoms with Crippen molar-refractivity contribution >= 4 is 17.3 Å². The molecule has 1 amide bonds. The van der Waals surface area contributed by atoms with Gasteiger partial charge in [-0.25, -0.2) is 0 Å². The summed E-state index contributed by atoms with van der Waals surface area (Å²) in [5.41, 5.74) is 6.94. The van der Waals surface area contributed by atoms with Crippen molar-refractivity contribution < 1.29 is 9.53 Å². The van der Waals surface area contributed by atoms with Crippen LogP contribution in [0.5, 0.6) is 5.75 Å². The van der Waals surface area contributed by atoms with Crippen molar-refractivity contribution in [2.45, 2.75) is 38.1 Å². The molecule has 1 aliphatic carbocycles. The molecule has 0 spiro atoms. The third-order valence-corrected chi connectivity index (χ3v) is 3.65. The first-order valence-corrected chi connectivity index (χ1v) is 7.16. The lowest BCUT2D eigenvalue weighted by atomic mass is 9.95. The molecule has 20 heavy (non-hydrogen) atoms. The van der Waals surface area contributed by atoms with E-state index in [9.17, 15) is 4.79 Å². The molecular formula is C15H23N3O2. The van der Waals surface area contributed by atoms with Crippen LogP contribution < -0.4 is 21.1 Å². The van der Waals surface area contributed by atoms with E-state index in [4.69, 9.17) is 10.5 Å². The lowest BCUT2D eigenvalue weighted by Crippen LogP contribution is -2.37. The van der Waals surface area contributed by atoms with Gasteiger partial charge in [0.05, 0.1) is 19.3 Å². The molecule has 5 heteroatoms. The zero-order valence-corrected chi connectivity index (χ0v) is 11.9.